The third kappa shape index (κ3) is 4.84. The first-order chi connectivity index (χ1) is 11.6. The lowest BCUT2D eigenvalue weighted by Crippen LogP contribution is -2.04. The quantitative estimate of drug-likeness (QED) is 0.565. The van der Waals surface area contributed by atoms with Crippen molar-refractivity contribution in [3.63, 3.8) is 0 Å². The van der Waals surface area contributed by atoms with Crippen LogP contribution in [0.15, 0.2) is 54.4 Å². The average molecular weight is 330 g/mol. The number of ether oxygens (including phenoxy) is 3. The number of hydrogen-bond acceptors (Lipinski definition) is 4. The second-order valence-electron chi connectivity index (χ2n) is 4.90. The molecule has 0 bridgehead atoms. The van der Waals surface area contributed by atoms with Crippen LogP contribution >= 0.6 is 0 Å². The summed E-state index contributed by atoms with van der Waals surface area (Å²) in [4.78, 5) is 11.3. The van der Waals surface area contributed by atoms with Gasteiger partial charge in [-0.3, -0.25) is 0 Å². The monoisotopic (exact) mass is 330 g/mol. The molecule has 0 saturated heterocycles. The van der Waals surface area contributed by atoms with E-state index in [1.807, 2.05) is 30.3 Å². The lowest BCUT2D eigenvalue weighted by atomic mass is 10.2. The molecule has 0 aromatic heterocycles. The summed E-state index contributed by atoms with van der Waals surface area (Å²) in [6.07, 6.45) is 1.10. The van der Waals surface area contributed by atoms with E-state index in [1.54, 1.807) is 25.1 Å². The molecule has 0 aliphatic rings. The smallest absolute Gasteiger partial charge is 0.367 e. The fraction of sp³-hybridized carbons (Fsp3) is 0.211. The number of halogens is 1. The molecule has 0 unspecified atom stereocenters. The summed E-state index contributed by atoms with van der Waals surface area (Å²) >= 11 is 0. The Morgan fingerprint density at radius 1 is 1.12 bits per heavy atom. The molecule has 24 heavy (non-hydrogen) atoms. The Kier molecular flexibility index (Phi) is 6.37. The number of carbonyl (C=O) groups is 1. The van der Waals surface area contributed by atoms with Crippen molar-refractivity contribution in [1.29, 1.82) is 0 Å². The third-order valence-corrected chi connectivity index (χ3v) is 3.19. The van der Waals surface area contributed by atoms with Gasteiger partial charge in [0.05, 0.1) is 13.7 Å². The van der Waals surface area contributed by atoms with Crippen LogP contribution in [0.25, 0.3) is 6.08 Å². The molecule has 126 valence electrons. The molecule has 0 heterocycles. The molecule has 0 saturated carbocycles. The van der Waals surface area contributed by atoms with Crippen molar-refractivity contribution in [1.82, 2.24) is 0 Å². The van der Waals surface area contributed by atoms with Gasteiger partial charge in [-0.2, -0.15) is 4.39 Å². The van der Waals surface area contributed by atoms with Crippen molar-refractivity contribution in [2.45, 2.75) is 13.5 Å². The predicted molar refractivity (Wildman–Crippen MR) is 89.5 cm³/mol. The van der Waals surface area contributed by atoms with E-state index in [1.165, 1.54) is 7.11 Å². The Morgan fingerprint density at radius 3 is 2.54 bits per heavy atom. The summed E-state index contributed by atoms with van der Waals surface area (Å²) < 4.78 is 29.3. The molecule has 0 N–H and O–H groups in total. The van der Waals surface area contributed by atoms with Crippen molar-refractivity contribution in [2.24, 2.45) is 0 Å². The maximum atomic E-state index is 13.7. The van der Waals surface area contributed by atoms with Crippen LogP contribution in [0.1, 0.15) is 18.1 Å². The molecule has 2 aromatic carbocycles. The van der Waals surface area contributed by atoms with Gasteiger partial charge in [-0.05, 0) is 36.3 Å². The van der Waals surface area contributed by atoms with Crippen LogP contribution in [0.4, 0.5) is 4.39 Å². The lowest BCUT2D eigenvalue weighted by molar-refractivity contribution is -0.140. The number of benzene rings is 2. The van der Waals surface area contributed by atoms with Gasteiger partial charge >= 0.3 is 5.97 Å². The van der Waals surface area contributed by atoms with E-state index in [9.17, 15) is 9.18 Å². The maximum absolute atomic E-state index is 13.7. The van der Waals surface area contributed by atoms with Crippen LogP contribution in [-0.4, -0.2) is 19.7 Å². The van der Waals surface area contributed by atoms with E-state index in [4.69, 9.17) is 9.47 Å². The highest BCUT2D eigenvalue weighted by Crippen LogP contribution is 2.29. The number of methoxy groups -OCH3 is 1. The van der Waals surface area contributed by atoms with E-state index >= 15 is 0 Å². The first kappa shape index (κ1) is 17.5. The minimum Gasteiger partial charge on any atom is -0.493 e. The number of rotatable bonds is 7. The Balaban J connectivity index is 2.12. The molecule has 0 radical (unpaired) electrons. The molecule has 0 amide bonds. The second kappa shape index (κ2) is 8.72. The van der Waals surface area contributed by atoms with Crippen molar-refractivity contribution in [3.05, 3.63) is 65.5 Å². The molecule has 2 aromatic rings. The summed E-state index contributed by atoms with van der Waals surface area (Å²) in [5.74, 6) is -0.955. The summed E-state index contributed by atoms with van der Waals surface area (Å²) in [7, 11) is 1.50. The highest BCUT2D eigenvalue weighted by Gasteiger charge is 2.11. The normalized spacial score (nSPS) is 11.0. The van der Waals surface area contributed by atoms with Crippen molar-refractivity contribution < 1.29 is 23.4 Å². The van der Waals surface area contributed by atoms with E-state index in [0.717, 1.165) is 11.6 Å². The predicted octanol–water partition coefficient (Wildman–Crippen LogP) is 4.15. The first-order valence-corrected chi connectivity index (χ1v) is 7.53. The van der Waals surface area contributed by atoms with Crippen LogP contribution in [0.5, 0.6) is 11.5 Å². The molecule has 0 atom stereocenters. The van der Waals surface area contributed by atoms with Crippen LogP contribution in [0.2, 0.25) is 0 Å². The van der Waals surface area contributed by atoms with Gasteiger partial charge in [0.25, 0.3) is 0 Å². The Hall–Kier alpha value is -2.82. The van der Waals surface area contributed by atoms with Gasteiger partial charge in [0.15, 0.2) is 11.5 Å². The highest BCUT2D eigenvalue weighted by molar-refractivity contribution is 5.91. The average Bonchev–Trinajstić information content (AvgIpc) is 2.61. The lowest BCUT2D eigenvalue weighted by Gasteiger charge is -2.11. The van der Waals surface area contributed by atoms with E-state index < -0.39 is 11.8 Å². The standard InChI is InChI=1S/C19H19FO4/c1-3-23-19(21)16(20)11-15-9-10-17(18(12-15)22-2)24-13-14-7-5-4-6-8-14/h4-12H,3,13H2,1-2H3/b16-11-. The van der Waals surface area contributed by atoms with Crippen molar-refractivity contribution >= 4 is 12.0 Å². The summed E-state index contributed by atoms with van der Waals surface area (Å²) in [5.41, 5.74) is 1.50. The second-order valence-corrected chi connectivity index (χ2v) is 4.90. The molecule has 0 aliphatic carbocycles. The van der Waals surface area contributed by atoms with Gasteiger partial charge in [-0.1, -0.05) is 36.4 Å². The molecular formula is C19H19FO4. The van der Waals surface area contributed by atoms with Crippen molar-refractivity contribution in [2.75, 3.05) is 13.7 Å². The molecule has 4 nitrogen and oxygen atoms in total. The molecule has 2 rings (SSSR count). The summed E-state index contributed by atoms with van der Waals surface area (Å²) in [6, 6.07) is 14.6. The molecule has 0 spiro atoms. The molecular weight excluding hydrogens is 311 g/mol. The van der Waals surface area contributed by atoms with Crippen LogP contribution in [0.3, 0.4) is 0 Å². The zero-order chi connectivity index (χ0) is 17.4. The Bertz CT molecular complexity index is 711. The largest absolute Gasteiger partial charge is 0.493 e. The van der Waals surface area contributed by atoms with Gasteiger partial charge in [-0.15, -0.1) is 0 Å². The van der Waals surface area contributed by atoms with Gasteiger partial charge in [0, 0.05) is 0 Å². The zero-order valence-electron chi connectivity index (χ0n) is 13.6. The summed E-state index contributed by atoms with van der Waals surface area (Å²) in [5, 5.41) is 0. The fourth-order valence-corrected chi connectivity index (χ4v) is 2.03. The highest BCUT2D eigenvalue weighted by atomic mass is 19.1. The van der Waals surface area contributed by atoms with Gasteiger partial charge < -0.3 is 14.2 Å². The van der Waals surface area contributed by atoms with E-state index in [2.05, 4.69) is 4.74 Å². The van der Waals surface area contributed by atoms with Crippen LogP contribution in [0, 0.1) is 0 Å². The minimum absolute atomic E-state index is 0.121. The van der Waals surface area contributed by atoms with Gasteiger partial charge in [0.2, 0.25) is 5.83 Å². The Labute approximate surface area is 140 Å². The van der Waals surface area contributed by atoms with Gasteiger partial charge in [-0.25, -0.2) is 4.79 Å². The maximum Gasteiger partial charge on any atom is 0.367 e. The summed E-state index contributed by atoms with van der Waals surface area (Å²) in [6.45, 7) is 2.13. The SMILES string of the molecule is CCOC(=O)/C(F)=C/c1ccc(OCc2ccccc2)c(OC)c1. The minimum atomic E-state index is -0.985. The van der Waals surface area contributed by atoms with Crippen molar-refractivity contribution in [3.8, 4) is 11.5 Å². The molecule has 5 heteroatoms. The van der Waals surface area contributed by atoms with E-state index in [0.29, 0.717) is 23.7 Å². The van der Waals surface area contributed by atoms with Crippen LogP contribution in [-0.2, 0) is 16.1 Å². The Morgan fingerprint density at radius 2 is 1.88 bits per heavy atom. The van der Waals surface area contributed by atoms with E-state index in [-0.39, 0.29) is 6.61 Å². The van der Waals surface area contributed by atoms with Crippen LogP contribution < -0.4 is 9.47 Å². The third-order valence-electron chi connectivity index (χ3n) is 3.19. The fourth-order valence-electron chi connectivity index (χ4n) is 2.03. The number of hydrogen-bond donors (Lipinski definition) is 0. The topological polar surface area (TPSA) is 44.8 Å². The van der Waals surface area contributed by atoms with Gasteiger partial charge in [0.1, 0.15) is 6.61 Å². The first-order valence-electron chi connectivity index (χ1n) is 7.53. The number of carbonyl (C=O) groups excluding carboxylic acids is 1. The number of esters is 1. The molecule has 0 aliphatic heterocycles. The zero-order valence-corrected chi connectivity index (χ0v) is 13.6. The molecule has 0 fully saturated rings.